The lowest BCUT2D eigenvalue weighted by Crippen LogP contribution is -2.34. The van der Waals surface area contributed by atoms with Gasteiger partial charge in [-0.15, -0.1) is 12.4 Å². The van der Waals surface area contributed by atoms with Crippen LogP contribution in [0.4, 0.5) is 11.6 Å². The molecule has 2 aromatic rings. The van der Waals surface area contributed by atoms with Gasteiger partial charge in [-0.05, 0) is 37.0 Å². The van der Waals surface area contributed by atoms with E-state index in [0.717, 1.165) is 17.9 Å². The van der Waals surface area contributed by atoms with E-state index in [-0.39, 0.29) is 12.4 Å². The molecule has 2 N–H and O–H groups in total. The summed E-state index contributed by atoms with van der Waals surface area (Å²) in [5, 5.41) is 7.51. The van der Waals surface area contributed by atoms with Gasteiger partial charge in [0.2, 0.25) is 5.95 Å². The van der Waals surface area contributed by atoms with Crippen LogP contribution in [0.1, 0.15) is 50.3 Å². The molecule has 1 saturated carbocycles. The molecule has 0 amide bonds. The Morgan fingerprint density at radius 1 is 1.29 bits per heavy atom. The van der Waals surface area contributed by atoms with Crippen molar-refractivity contribution in [2.75, 3.05) is 5.32 Å². The van der Waals surface area contributed by atoms with Crippen molar-refractivity contribution >= 4 is 35.6 Å². The number of benzene rings is 1. The molecule has 0 bridgehead atoms. The number of halogens is 2. The van der Waals surface area contributed by atoms with Gasteiger partial charge in [0.25, 0.3) is 0 Å². The van der Waals surface area contributed by atoms with Crippen molar-refractivity contribution in [3.63, 3.8) is 0 Å². The summed E-state index contributed by atoms with van der Waals surface area (Å²) >= 11 is 6.02. The van der Waals surface area contributed by atoms with Crippen LogP contribution in [0.25, 0.3) is 0 Å². The molecule has 0 saturated heterocycles. The summed E-state index contributed by atoms with van der Waals surface area (Å²) in [7, 11) is 0. The number of nitrogens with one attached hydrogen (secondary N) is 2. The van der Waals surface area contributed by atoms with E-state index in [4.69, 9.17) is 16.6 Å². The third kappa shape index (κ3) is 4.82. The maximum Gasteiger partial charge on any atom is 0.227 e. The summed E-state index contributed by atoms with van der Waals surface area (Å²) in [6.07, 6.45) is 5.84. The fraction of sp³-hybridized carbons (Fsp3) is 0.444. The molecular weight excluding hydrogens is 343 g/mol. The van der Waals surface area contributed by atoms with Gasteiger partial charge in [-0.25, -0.2) is 9.97 Å². The van der Waals surface area contributed by atoms with E-state index >= 15 is 0 Å². The van der Waals surface area contributed by atoms with Gasteiger partial charge in [-0.1, -0.05) is 37.9 Å². The minimum atomic E-state index is 0. The largest absolute Gasteiger partial charge is 0.324 e. The first-order chi connectivity index (χ1) is 11.1. The molecule has 4 nitrogen and oxygen atoms in total. The van der Waals surface area contributed by atoms with Crippen molar-refractivity contribution in [2.45, 2.75) is 51.6 Å². The molecule has 1 aliphatic carbocycles. The molecule has 1 aliphatic rings. The van der Waals surface area contributed by atoms with E-state index in [1.165, 1.54) is 24.8 Å². The second-order valence-corrected chi connectivity index (χ2v) is 6.84. The lowest BCUT2D eigenvalue weighted by atomic mass is 9.93. The Kier molecular flexibility index (Phi) is 6.84. The van der Waals surface area contributed by atoms with Crippen LogP contribution in [0.3, 0.4) is 0 Å². The third-order valence-electron chi connectivity index (χ3n) is 4.21. The monoisotopic (exact) mass is 366 g/mol. The van der Waals surface area contributed by atoms with Gasteiger partial charge < -0.3 is 10.6 Å². The average Bonchev–Trinajstić information content (AvgIpc) is 2.46. The first-order valence-corrected chi connectivity index (χ1v) is 8.61. The summed E-state index contributed by atoms with van der Waals surface area (Å²) in [5.41, 5.74) is 3.17. The second-order valence-electron chi connectivity index (χ2n) is 6.40. The van der Waals surface area contributed by atoms with Gasteiger partial charge in [-0.3, -0.25) is 0 Å². The van der Waals surface area contributed by atoms with Crippen LogP contribution in [-0.4, -0.2) is 16.0 Å². The Bertz CT molecular complexity index is 672. The van der Waals surface area contributed by atoms with Crippen LogP contribution in [-0.2, 0) is 6.54 Å². The first kappa shape index (κ1) is 19.0. The van der Waals surface area contributed by atoms with Gasteiger partial charge >= 0.3 is 0 Å². The van der Waals surface area contributed by atoms with Crippen molar-refractivity contribution < 1.29 is 0 Å². The smallest absolute Gasteiger partial charge is 0.227 e. The maximum atomic E-state index is 6.02. The summed E-state index contributed by atoms with van der Waals surface area (Å²) < 4.78 is 0. The second kappa shape index (κ2) is 8.65. The number of hydrogen-bond acceptors (Lipinski definition) is 4. The van der Waals surface area contributed by atoms with Gasteiger partial charge in [-0.2, -0.15) is 0 Å². The van der Waals surface area contributed by atoms with Crippen LogP contribution in [0.2, 0.25) is 5.02 Å². The van der Waals surface area contributed by atoms with Crippen molar-refractivity contribution in [1.82, 2.24) is 15.3 Å². The molecule has 0 atom stereocenters. The van der Waals surface area contributed by atoms with Gasteiger partial charge in [0.1, 0.15) is 0 Å². The Morgan fingerprint density at radius 3 is 2.71 bits per heavy atom. The molecule has 0 aliphatic heterocycles. The van der Waals surface area contributed by atoms with Crippen LogP contribution in [0.15, 0.2) is 30.5 Å². The fourth-order valence-electron chi connectivity index (χ4n) is 2.68. The molecule has 130 valence electrons. The Labute approximate surface area is 154 Å². The molecule has 1 aromatic heterocycles. The Balaban J connectivity index is 0.00000208. The number of aromatic nitrogens is 2. The quantitative estimate of drug-likeness (QED) is 0.749. The Hall–Kier alpha value is -1.36. The molecule has 6 heteroatoms. The molecular formula is C18H24Cl2N4. The highest BCUT2D eigenvalue weighted by Crippen LogP contribution is 2.23. The topological polar surface area (TPSA) is 49.8 Å². The van der Waals surface area contributed by atoms with E-state index in [1.54, 1.807) is 0 Å². The average molecular weight is 367 g/mol. The SMILES string of the molecule is CC(C)c1nc(Nc2cccc(Cl)c2)ncc1CNC1CCC1.Cl. The van der Waals surface area contributed by atoms with E-state index in [1.807, 2.05) is 30.5 Å². The predicted molar refractivity (Wildman–Crippen MR) is 103 cm³/mol. The highest BCUT2D eigenvalue weighted by atomic mass is 35.5. The van der Waals surface area contributed by atoms with Crippen molar-refractivity contribution in [3.05, 3.63) is 46.7 Å². The molecule has 1 heterocycles. The minimum Gasteiger partial charge on any atom is -0.324 e. The van der Waals surface area contributed by atoms with Gasteiger partial charge in [0.05, 0.1) is 5.69 Å². The standard InChI is InChI=1S/C18H23ClN4.ClH/c1-12(2)17-13(10-20-15-6-4-7-15)11-21-18(23-17)22-16-8-3-5-14(19)9-16;/h3,5,8-9,11-12,15,20H,4,6-7,10H2,1-2H3,(H,21,22,23);1H. The molecule has 24 heavy (non-hydrogen) atoms. The van der Waals surface area contributed by atoms with Crippen molar-refractivity contribution in [2.24, 2.45) is 0 Å². The maximum absolute atomic E-state index is 6.02. The molecule has 1 fully saturated rings. The van der Waals surface area contributed by atoms with E-state index in [0.29, 0.717) is 22.9 Å². The number of nitrogens with zero attached hydrogens (tertiary/aromatic N) is 2. The zero-order valence-electron chi connectivity index (χ0n) is 14.1. The predicted octanol–water partition coefficient (Wildman–Crippen LogP) is 5.06. The van der Waals surface area contributed by atoms with Crippen LogP contribution in [0.5, 0.6) is 0 Å². The lowest BCUT2D eigenvalue weighted by molar-refractivity contribution is 0.337. The summed E-state index contributed by atoms with van der Waals surface area (Å²) in [6.45, 7) is 5.17. The van der Waals surface area contributed by atoms with Crippen LogP contribution < -0.4 is 10.6 Å². The van der Waals surface area contributed by atoms with Crippen molar-refractivity contribution in [1.29, 1.82) is 0 Å². The lowest BCUT2D eigenvalue weighted by Gasteiger charge is -2.27. The van der Waals surface area contributed by atoms with Crippen LogP contribution in [0, 0.1) is 0 Å². The van der Waals surface area contributed by atoms with Gasteiger partial charge in [0, 0.05) is 35.1 Å². The fourth-order valence-corrected chi connectivity index (χ4v) is 2.87. The summed E-state index contributed by atoms with van der Waals surface area (Å²) in [6, 6.07) is 8.25. The first-order valence-electron chi connectivity index (χ1n) is 8.23. The van der Waals surface area contributed by atoms with E-state index < -0.39 is 0 Å². The zero-order chi connectivity index (χ0) is 16.2. The number of hydrogen-bond donors (Lipinski definition) is 2. The molecule has 0 spiro atoms. The van der Waals surface area contributed by atoms with Gasteiger partial charge in [0.15, 0.2) is 0 Å². The summed E-state index contributed by atoms with van der Waals surface area (Å²) in [4.78, 5) is 9.18. The van der Waals surface area contributed by atoms with Crippen molar-refractivity contribution in [3.8, 4) is 0 Å². The Morgan fingerprint density at radius 2 is 2.08 bits per heavy atom. The highest BCUT2D eigenvalue weighted by Gasteiger charge is 2.18. The summed E-state index contributed by atoms with van der Waals surface area (Å²) in [5.74, 6) is 0.972. The molecule has 3 rings (SSSR count). The van der Waals surface area contributed by atoms with E-state index in [9.17, 15) is 0 Å². The third-order valence-corrected chi connectivity index (χ3v) is 4.45. The minimum absolute atomic E-state index is 0. The zero-order valence-corrected chi connectivity index (χ0v) is 15.6. The number of anilines is 2. The normalized spacial score (nSPS) is 14.2. The van der Waals surface area contributed by atoms with E-state index in [2.05, 4.69) is 29.5 Å². The molecule has 0 radical (unpaired) electrons. The highest BCUT2D eigenvalue weighted by molar-refractivity contribution is 6.30. The molecule has 0 unspecified atom stereocenters. The van der Waals surface area contributed by atoms with Crippen LogP contribution >= 0.6 is 24.0 Å². The molecule has 1 aromatic carbocycles. The number of rotatable bonds is 6.